The molecular weight excluding hydrogens is 452 g/mol. The first-order valence-corrected chi connectivity index (χ1v) is 11.7. The summed E-state index contributed by atoms with van der Waals surface area (Å²) in [5.74, 6) is 0.0306. The van der Waals surface area contributed by atoms with Crippen LogP contribution in [0.5, 0.6) is 5.75 Å². The zero-order valence-electron chi connectivity index (χ0n) is 21.4. The van der Waals surface area contributed by atoms with Crippen LogP contribution in [0.3, 0.4) is 0 Å². The summed E-state index contributed by atoms with van der Waals surface area (Å²) in [6, 6.07) is 22.6. The van der Waals surface area contributed by atoms with Crippen LogP contribution in [0.2, 0.25) is 0 Å². The van der Waals surface area contributed by atoms with E-state index in [0.29, 0.717) is 22.4 Å². The Morgan fingerprint density at radius 1 is 0.861 bits per heavy atom. The Bertz CT molecular complexity index is 1240. The molecule has 0 N–H and O–H groups in total. The molecule has 36 heavy (non-hydrogen) atoms. The Kier molecular flexibility index (Phi) is 8.85. The van der Waals surface area contributed by atoms with Crippen LogP contribution in [0.1, 0.15) is 53.4 Å². The van der Waals surface area contributed by atoms with E-state index in [0.717, 1.165) is 11.1 Å². The normalized spacial score (nSPS) is 11.9. The average molecular weight is 485 g/mol. The molecule has 0 unspecified atom stereocenters. The molecule has 0 bridgehead atoms. The molecule has 0 heterocycles. The standard InChI is InChI=1S/C31H32O5/c1-31(2,3)25-15-10-22(11-16-25)12-19-29(32)23-13-17-26(18-14-23)36-20-24-8-6-7-9-27(24)28(21-34-4)30(33)35-5/h6-19,21H,20H2,1-5H3/b19-12+,28-21+. The molecule has 0 saturated carbocycles. The third kappa shape index (κ3) is 6.95. The fourth-order valence-electron chi connectivity index (χ4n) is 3.60. The Morgan fingerprint density at radius 3 is 2.14 bits per heavy atom. The van der Waals surface area contributed by atoms with Crippen LogP contribution in [-0.2, 0) is 26.3 Å². The molecule has 3 aromatic rings. The number of hydrogen-bond donors (Lipinski definition) is 0. The maximum Gasteiger partial charge on any atom is 0.341 e. The van der Waals surface area contributed by atoms with Crippen molar-refractivity contribution in [2.45, 2.75) is 32.8 Å². The second-order valence-electron chi connectivity index (χ2n) is 9.30. The van der Waals surface area contributed by atoms with Gasteiger partial charge in [0.1, 0.15) is 17.9 Å². The second kappa shape index (κ2) is 12.0. The van der Waals surface area contributed by atoms with Gasteiger partial charge in [-0.15, -0.1) is 0 Å². The summed E-state index contributed by atoms with van der Waals surface area (Å²) >= 11 is 0. The van der Waals surface area contributed by atoms with Crippen molar-refractivity contribution in [1.82, 2.24) is 0 Å². The van der Waals surface area contributed by atoms with Crippen molar-refractivity contribution >= 4 is 23.4 Å². The van der Waals surface area contributed by atoms with Gasteiger partial charge in [-0.2, -0.15) is 0 Å². The van der Waals surface area contributed by atoms with Gasteiger partial charge in [-0.3, -0.25) is 4.79 Å². The van der Waals surface area contributed by atoms with Gasteiger partial charge >= 0.3 is 5.97 Å². The minimum Gasteiger partial charge on any atom is -0.503 e. The van der Waals surface area contributed by atoms with Crippen LogP contribution < -0.4 is 4.74 Å². The summed E-state index contributed by atoms with van der Waals surface area (Å²) in [5, 5.41) is 0. The van der Waals surface area contributed by atoms with Crippen LogP contribution in [0, 0.1) is 0 Å². The highest BCUT2D eigenvalue weighted by molar-refractivity contribution is 6.16. The third-order valence-corrected chi connectivity index (χ3v) is 5.69. The fraction of sp³-hybridized carbons (Fsp3) is 0.226. The molecule has 3 rings (SSSR count). The van der Waals surface area contributed by atoms with E-state index in [2.05, 4.69) is 32.9 Å². The monoisotopic (exact) mass is 484 g/mol. The van der Waals surface area contributed by atoms with Gasteiger partial charge in [-0.25, -0.2) is 4.79 Å². The van der Waals surface area contributed by atoms with Crippen LogP contribution >= 0.6 is 0 Å². The highest BCUT2D eigenvalue weighted by Crippen LogP contribution is 2.24. The molecule has 0 spiro atoms. The molecule has 0 aliphatic carbocycles. The molecule has 0 saturated heterocycles. The number of carbonyl (C=O) groups is 2. The number of ether oxygens (including phenoxy) is 3. The highest BCUT2D eigenvalue weighted by Gasteiger charge is 2.17. The zero-order chi connectivity index (χ0) is 26.1. The number of methoxy groups -OCH3 is 2. The second-order valence-corrected chi connectivity index (χ2v) is 9.30. The molecule has 0 atom stereocenters. The van der Waals surface area contributed by atoms with Crippen molar-refractivity contribution in [2.75, 3.05) is 14.2 Å². The van der Waals surface area contributed by atoms with E-state index in [1.807, 2.05) is 42.5 Å². The van der Waals surface area contributed by atoms with Crippen LogP contribution in [0.25, 0.3) is 11.6 Å². The van der Waals surface area contributed by atoms with Gasteiger partial charge in [0.25, 0.3) is 0 Å². The Morgan fingerprint density at radius 2 is 1.53 bits per heavy atom. The van der Waals surface area contributed by atoms with Crippen molar-refractivity contribution in [1.29, 1.82) is 0 Å². The maximum absolute atomic E-state index is 12.6. The van der Waals surface area contributed by atoms with Gasteiger partial charge in [0, 0.05) is 5.56 Å². The summed E-state index contributed by atoms with van der Waals surface area (Å²) in [5.41, 5.74) is 4.66. The van der Waals surface area contributed by atoms with Crippen LogP contribution in [0.4, 0.5) is 0 Å². The molecule has 5 heteroatoms. The lowest BCUT2D eigenvalue weighted by Crippen LogP contribution is -2.10. The quantitative estimate of drug-likeness (QED) is 0.148. The van der Waals surface area contributed by atoms with E-state index in [9.17, 15) is 9.59 Å². The van der Waals surface area contributed by atoms with Gasteiger partial charge < -0.3 is 14.2 Å². The van der Waals surface area contributed by atoms with Gasteiger partial charge in [0.15, 0.2) is 5.78 Å². The molecule has 0 radical (unpaired) electrons. The van der Waals surface area contributed by atoms with Crippen molar-refractivity contribution in [3.8, 4) is 5.75 Å². The van der Waals surface area contributed by atoms with E-state index >= 15 is 0 Å². The molecular formula is C31H32O5. The van der Waals surface area contributed by atoms with E-state index in [1.165, 1.54) is 26.0 Å². The minimum atomic E-state index is -0.495. The Balaban J connectivity index is 1.66. The first kappa shape index (κ1) is 26.5. The Hall–Kier alpha value is -4.12. The maximum atomic E-state index is 12.6. The predicted molar refractivity (Wildman–Crippen MR) is 143 cm³/mol. The van der Waals surface area contributed by atoms with Crippen molar-refractivity contribution in [3.63, 3.8) is 0 Å². The summed E-state index contributed by atoms with van der Waals surface area (Å²) in [6.45, 7) is 6.74. The van der Waals surface area contributed by atoms with Gasteiger partial charge in [0.2, 0.25) is 0 Å². The summed E-state index contributed by atoms with van der Waals surface area (Å²) in [7, 11) is 2.80. The van der Waals surface area contributed by atoms with Crippen molar-refractivity contribution in [2.24, 2.45) is 0 Å². The SMILES string of the molecule is CO/C=C(/C(=O)OC)c1ccccc1COc1ccc(C(=O)/C=C/c2ccc(C(C)(C)C)cc2)cc1. The largest absolute Gasteiger partial charge is 0.503 e. The molecule has 0 amide bonds. The average Bonchev–Trinajstić information content (AvgIpc) is 2.89. The zero-order valence-corrected chi connectivity index (χ0v) is 21.4. The summed E-state index contributed by atoms with van der Waals surface area (Å²) in [4.78, 5) is 24.8. The molecule has 0 aromatic heterocycles. The topological polar surface area (TPSA) is 61.8 Å². The van der Waals surface area contributed by atoms with Gasteiger partial charge in [0.05, 0.1) is 20.5 Å². The Labute approximate surface area is 213 Å². The minimum absolute atomic E-state index is 0.0841. The van der Waals surface area contributed by atoms with Gasteiger partial charge in [-0.1, -0.05) is 75.4 Å². The number of ketones is 1. The van der Waals surface area contributed by atoms with Crippen molar-refractivity contribution in [3.05, 3.63) is 113 Å². The van der Waals surface area contributed by atoms with E-state index < -0.39 is 5.97 Å². The van der Waals surface area contributed by atoms with Crippen LogP contribution in [0.15, 0.2) is 85.1 Å². The van der Waals surface area contributed by atoms with E-state index in [-0.39, 0.29) is 17.8 Å². The number of carbonyl (C=O) groups excluding carboxylic acids is 2. The number of benzene rings is 3. The summed E-state index contributed by atoms with van der Waals surface area (Å²) in [6.07, 6.45) is 4.76. The number of allylic oxidation sites excluding steroid dienone is 1. The van der Waals surface area contributed by atoms with Crippen LogP contribution in [-0.4, -0.2) is 26.0 Å². The summed E-state index contributed by atoms with van der Waals surface area (Å²) < 4.78 is 15.9. The lowest BCUT2D eigenvalue weighted by Gasteiger charge is -2.18. The first-order valence-electron chi connectivity index (χ1n) is 11.7. The number of hydrogen-bond acceptors (Lipinski definition) is 5. The van der Waals surface area contributed by atoms with E-state index in [1.54, 1.807) is 30.3 Å². The predicted octanol–water partition coefficient (Wildman–Crippen LogP) is 6.62. The molecule has 0 fully saturated rings. The lowest BCUT2D eigenvalue weighted by molar-refractivity contribution is -0.133. The van der Waals surface area contributed by atoms with E-state index in [4.69, 9.17) is 14.2 Å². The fourth-order valence-corrected chi connectivity index (χ4v) is 3.60. The molecule has 3 aromatic carbocycles. The molecule has 0 aliphatic heterocycles. The molecule has 5 nitrogen and oxygen atoms in total. The molecule has 186 valence electrons. The molecule has 0 aliphatic rings. The van der Waals surface area contributed by atoms with Crippen molar-refractivity contribution < 1.29 is 23.8 Å². The highest BCUT2D eigenvalue weighted by atomic mass is 16.5. The number of rotatable bonds is 9. The third-order valence-electron chi connectivity index (χ3n) is 5.69. The lowest BCUT2D eigenvalue weighted by atomic mass is 9.87. The van der Waals surface area contributed by atoms with Gasteiger partial charge in [-0.05, 0) is 58.0 Å². The first-order chi connectivity index (χ1) is 17.2. The number of esters is 1. The smallest absolute Gasteiger partial charge is 0.341 e.